The molecule has 2 fully saturated rings. The summed E-state index contributed by atoms with van der Waals surface area (Å²) in [4.78, 5) is 33.9. The maximum atomic E-state index is 12.5. The van der Waals surface area contributed by atoms with Crippen LogP contribution in [0.15, 0.2) is 29.0 Å². The van der Waals surface area contributed by atoms with Crippen molar-refractivity contribution in [1.29, 1.82) is 0 Å². The molecule has 4 rings (SSSR count). The number of ether oxygens (including phenoxy) is 1. The van der Waals surface area contributed by atoms with Crippen LogP contribution in [0.5, 0.6) is 0 Å². The number of aromatic nitrogens is 3. The first-order valence-electron chi connectivity index (χ1n) is 9.36. The Morgan fingerprint density at radius 2 is 2.29 bits per heavy atom. The summed E-state index contributed by atoms with van der Waals surface area (Å²) in [5, 5.41) is 9.54. The number of rotatable bonds is 4. The third-order valence-electron chi connectivity index (χ3n) is 5.05. The van der Waals surface area contributed by atoms with Crippen molar-refractivity contribution in [2.24, 2.45) is 0 Å². The number of nitrogens with zero attached hydrogens (tertiary/aromatic N) is 4. The third kappa shape index (κ3) is 4.05. The van der Waals surface area contributed by atoms with E-state index in [1.54, 1.807) is 23.4 Å². The fourth-order valence-corrected chi connectivity index (χ4v) is 3.51. The average molecular weight is 386 g/mol. The van der Waals surface area contributed by atoms with E-state index in [9.17, 15) is 9.59 Å². The third-order valence-corrected chi connectivity index (χ3v) is 5.05. The van der Waals surface area contributed by atoms with E-state index in [2.05, 4.69) is 25.8 Å². The number of nitrogens with one attached hydrogen (secondary N) is 2. The summed E-state index contributed by atoms with van der Waals surface area (Å²) < 4.78 is 10.7. The number of urea groups is 1. The van der Waals surface area contributed by atoms with Gasteiger partial charge in [-0.3, -0.25) is 4.98 Å². The summed E-state index contributed by atoms with van der Waals surface area (Å²) in [6, 6.07) is 3.52. The smallest absolute Gasteiger partial charge is 0.407 e. The number of pyridine rings is 1. The van der Waals surface area contributed by atoms with E-state index < -0.39 is 5.60 Å². The normalized spacial score (nSPS) is 21.9. The minimum Gasteiger partial charge on any atom is -0.441 e. The maximum absolute atomic E-state index is 12.5. The van der Waals surface area contributed by atoms with Crippen LogP contribution in [0.1, 0.15) is 25.2 Å². The Hall–Kier alpha value is -3.17. The highest BCUT2D eigenvalue weighted by atomic mass is 16.6. The lowest BCUT2D eigenvalue weighted by Gasteiger charge is -2.25. The average Bonchev–Trinajstić information content (AvgIpc) is 3.26. The molecule has 4 heterocycles. The first-order valence-corrected chi connectivity index (χ1v) is 9.36. The molecule has 10 heteroatoms. The molecule has 2 aliphatic rings. The molecule has 1 atom stereocenters. The predicted molar refractivity (Wildman–Crippen MR) is 97.3 cm³/mol. The SMILES string of the molecule is O=C1NCC2(CCCN(C(=O)NCCc3nc(-c4cccnc4)no3)CC2)O1. The Morgan fingerprint density at radius 1 is 1.36 bits per heavy atom. The summed E-state index contributed by atoms with van der Waals surface area (Å²) in [7, 11) is 0. The number of carbonyl (C=O) groups is 2. The Labute approximate surface area is 161 Å². The lowest BCUT2D eigenvalue weighted by Crippen LogP contribution is -2.42. The van der Waals surface area contributed by atoms with Crippen molar-refractivity contribution in [2.45, 2.75) is 31.3 Å². The van der Waals surface area contributed by atoms with Crippen LogP contribution in [0.2, 0.25) is 0 Å². The highest BCUT2D eigenvalue weighted by Crippen LogP contribution is 2.29. The van der Waals surface area contributed by atoms with Crippen molar-refractivity contribution in [3.8, 4) is 11.4 Å². The zero-order chi connectivity index (χ0) is 19.4. The molecule has 0 bridgehead atoms. The molecule has 3 amide bonds. The molecular weight excluding hydrogens is 364 g/mol. The molecule has 2 aromatic heterocycles. The molecule has 2 saturated heterocycles. The molecule has 0 aliphatic carbocycles. The first kappa shape index (κ1) is 18.2. The highest BCUT2D eigenvalue weighted by molar-refractivity contribution is 5.74. The van der Waals surface area contributed by atoms with Gasteiger partial charge >= 0.3 is 12.1 Å². The van der Waals surface area contributed by atoms with Gasteiger partial charge in [-0.1, -0.05) is 5.16 Å². The molecule has 0 saturated carbocycles. The number of hydrogen-bond acceptors (Lipinski definition) is 7. The Balaban J connectivity index is 1.25. The summed E-state index contributed by atoms with van der Waals surface area (Å²) in [5.74, 6) is 0.935. The second-order valence-corrected chi connectivity index (χ2v) is 7.00. The monoisotopic (exact) mass is 386 g/mol. The molecule has 0 aromatic carbocycles. The minimum absolute atomic E-state index is 0.138. The van der Waals surface area contributed by atoms with Crippen molar-refractivity contribution in [1.82, 2.24) is 30.7 Å². The second-order valence-electron chi connectivity index (χ2n) is 7.00. The van der Waals surface area contributed by atoms with Crippen LogP contribution in [0, 0.1) is 0 Å². The molecule has 0 radical (unpaired) electrons. The standard InChI is InChI=1S/C18H22N6O4/c25-16(24-9-2-5-18(6-10-24)12-21-17(26)27-18)20-8-4-14-22-15(23-28-14)13-3-1-7-19-11-13/h1,3,7,11H,2,4-6,8-10,12H2,(H,20,25)(H,21,26). The first-order chi connectivity index (χ1) is 13.6. The van der Waals surface area contributed by atoms with E-state index in [0.29, 0.717) is 50.7 Å². The molecule has 2 aliphatic heterocycles. The van der Waals surface area contributed by atoms with Gasteiger partial charge in [-0.05, 0) is 25.0 Å². The molecule has 10 nitrogen and oxygen atoms in total. The van der Waals surface area contributed by atoms with Gasteiger partial charge in [0.25, 0.3) is 0 Å². The van der Waals surface area contributed by atoms with Gasteiger partial charge in [0.15, 0.2) is 0 Å². The van der Waals surface area contributed by atoms with E-state index in [0.717, 1.165) is 18.4 Å². The predicted octanol–water partition coefficient (Wildman–Crippen LogP) is 1.35. The molecule has 1 spiro atoms. The van der Waals surface area contributed by atoms with Crippen molar-refractivity contribution in [3.05, 3.63) is 30.4 Å². The lowest BCUT2D eigenvalue weighted by molar-refractivity contribution is 0.0453. The summed E-state index contributed by atoms with van der Waals surface area (Å²) >= 11 is 0. The van der Waals surface area contributed by atoms with E-state index >= 15 is 0 Å². The number of amides is 3. The zero-order valence-corrected chi connectivity index (χ0v) is 15.4. The van der Waals surface area contributed by atoms with Gasteiger partial charge in [-0.15, -0.1) is 0 Å². The van der Waals surface area contributed by atoms with Crippen molar-refractivity contribution in [3.63, 3.8) is 0 Å². The largest absolute Gasteiger partial charge is 0.441 e. The Bertz CT molecular complexity index is 842. The quantitative estimate of drug-likeness (QED) is 0.813. The van der Waals surface area contributed by atoms with Crippen molar-refractivity contribution < 1.29 is 18.8 Å². The summed E-state index contributed by atoms with van der Waals surface area (Å²) in [5.41, 5.74) is 0.306. The van der Waals surface area contributed by atoms with Crippen LogP contribution in [-0.2, 0) is 11.2 Å². The van der Waals surface area contributed by atoms with Crippen LogP contribution in [0.25, 0.3) is 11.4 Å². The molecule has 1 unspecified atom stereocenters. The van der Waals surface area contributed by atoms with E-state index in [-0.39, 0.29) is 12.1 Å². The zero-order valence-electron chi connectivity index (χ0n) is 15.4. The fourth-order valence-electron chi connectivity index (χ4n) is 3.51. The Kier molecular flexibility index (Phi) is 5.09. The molecule has 28 heavy (non-hydrogen) atoms. The van der Waals surface area contributed by atoms with E-state index in [1.807, 2.05) is 6.07 Å². The second kappa shape index (κ2) is 7.83. The number of alkyl carbamates (subject to hydrolysis) is 1. The maximum Gasteiger partial charge on any atom is 0.407 e. The van der Waals surface area contributed by atoms with Gasteiger partial charge in [0.1, 0.15) is 5.60 Å². The van der Waals surface area contributed by atoms with Crippen LogP contribution in [0.4, 0.5) is 9.59 Å². The van der Waals surface area contributed by atoms with Gasteiger partial charge in [-0.2, -0.15) is 4.98 Å². The van der Waals surface area contributed by atoms with Gasteiger partial charge in [0.2, 0.25) is 11.7 Å². The fraction of sp³-hybridized carbons (Fsp3) is 0.500. The molecular formula is C18H22N6O4. The van der Waals surface area contributed by atoms with Gasteiger partial charge in [0, 0.05) is 50.4 Å². The minimum atomic E-state index is -0.474. The van der Waals surface area contributed by atoms with Crippen LogP contribution in [-0.4, -0.2) is 63.9 Å². The topological polar surface area (TPSA) is 122 Å². The molecule has 2 aromatic rings. The van der Waals surface area contributed by atoms with Gasteiger partial charge < -0.3 is 24.8 Å². The lowest BCUT2D eigenvalue weighted by atomic mass is 9.95. The number of hydrogen-bond donors (Lipinski definition) is 2. The number of carbonyl (C=O) groups excluding carboxylic acids is 2. The summed E-state index contributed by atoms with van der Waals surface area (Å²) in [6.07, 6.45) is 5.60. The van der Waals surface area contributed by atoms with Crippen LogP contribution >= 0.6 is 0 Å². The van der Waals surface area contributed by atoms with Crippen LogP contribution < -0.4 is 10.6 Å². The molecule has 148 valence electrons. The Morgan fingerprint density at radius 3 is 3.07 bits per heavy atom. The highest BCUT2D eigenvalue weighted by Gasteiger charge is 2.41. The number of likely N-dealkylation sites (tertiary alicyclic amines) is 1. The van der Waals surface area contributed by atoms with E-state index in [1.165, 1.54) is 0 Å². The van der Waals surface area contributed by atoms with Gasteiger partial charge in [-0.25, -0.2) is 9.59 Å². The molecule has 2 N–H and O–H groups in total. The van der Waals surface area contributed by atoms with Gasteiger partial charge in [0.05, 0.1) is 6.54 Å². The van der Waals surface area contributed by atoms with Crippen molar-refractivity contribution in [2.75, 3.05) is 26.2 Å². The van der Waals surface area contributed by atoms with Crippen molar-refractivity contribution >= 4 is 12.1 Å². The summed E-state index contributed by atoms with van der Waals surface area (Å²) in [6.45, 7) is 2.09. The van der Waals surface area contributed by atoms with Crippen LogP contribution in [0.3, 0.4) is 0 Å². The van der Waals surface area contributed by atoms with E-state index in [4.69, 9.17) is 9.26 Å².